The van der Waals surface area contributed by atoms with Crippen molar-refractivity contribution in [1.29, 1.82) is 5.41 Å². The van der Waals surface area contributed by atoms with Gasteiger partial charge in [-0.3, -0.25) is 20.3 Å². The third-order valence-corrected chi connectivity index (χ3v) is 3.61. The molecule has 0 bridgehead atoms. The maximum Gasteiger partial charge on any atom is 0.416 e. The Hall–Kier alpha value is -2.79. The van der Waals surface area contributed by atoms with Crippen LogP contribution in [0.2, 0.25) is 0 Å². The molecule has 0 spiro atoms. The van der Waals surface area contributed by atoms with Gasteiger partial charge in [-0.25, -0.2) is 0 Å². The first-order chi connectivity index (χ1) is 11.8. The lowest BCUT2D eigenvalue weighted by atomic mass is 9.99. The first-order valence-corrected chi connectivity index (χ1v) is 7.02. The summed E-state index contributed by atoms with van der Waals surface area (Å²) >= 11 is 0. The Bertz CT molecular complexity index is 759. The summed E-state index contributed by atoms with van der Waals surface area (Å²) in [7, 11) is 0. The van der Waals surface area contributed by atoms with Gasteiger partial charge in [0.2, 0.25) is 5.91 Å². The third kappa shape index (κ3) is 4.24. The van der Waals surface area contributed by atoms with Crippen LogP contribution >= 0.6 is 0 Å². The fourth-order valence-corrected chi connectivity index (χ4v) is 2.65. The van der Waals surface area contributed by atoms with E-state index in [1.807, 2.05) is 5.32 Å². The van der Waals surface area contributed by atoms with Gasteiger partial charge in [0.15, 0.2) is 5.96 Å². The number of hydrogen-bond acceptors (Lipinski definition) is 3. The Labute approximate surface area is 142 Å². The predicted octanol–water partition coefficient (Wildman–Crippen LogP) is 2.16. The van der Waals surface area contributed by atoms with Gasteiger partial charge in [0.1, 0.15) is 6.54 Å². The number of halogens is 6. The van der Waals surface area contributed by atoms with Crippen molar-refractivity contribution >= 4 is 17.8 Å². The Balaban J connectivity index is 2.46. The van der Waals surface area contributed by atoms with Crippen molar-refractivity contribution in [2.24, 2.45) is 5.73 Å². The van der Waals surface area contributed by atoms with E-state index < -0.39 is 54.7 Å². The molecule has 26 heavy (non-hydrogen) atoms. The highest BCUT2D eigenvalue weighted by atomic mass is 19.4. The van der Waals surface area contributed by atoms with Crippen molar-refractivity contribution in [3.05, 3.63) is 34.9 Å². The van der Waals surface area contributed by atoms with E-state index in [0.29, 0.717) is 12.1 Å². The molecule has 0 unspecified atom stereocenters. The number of alkyl halides is 6. The lowest BCUT2D eigenvalue weighted by Gasteiger charge is -2.26. The molecule has 1 aromatic rings. The third-order valence-electron chi connectivity index (χ3n) is 3.61. The fraction of sp³-hybridized carbons (Fsp3) is 0.357. The molecule has 0 saturated heterocycles. The topological polar surface area (TPSA) is 99.3 Å². The molecule has 4 N–H and O–H groups in total. The second kappa shape index (κ2) is 6.50. The van der Waals surface area contributed by atoms with Crippen LogP contribution in [0.3, 0.4) is 0 Å². The zero-order valence-corrected chi connectivity index (χ0v) is 12.8. The van der Waals surface area contributed by atoms with Gasteiger partial charge in [0, 0.05) is 5.56 Å². The normalized spacial score (nSPS) is 17.2. The SMILES string of the molecule is N=C(N)NC(=O)C[C@H]1c2cc(C(F)(F)F)ccc2C(=O)N1CC(F)(F)F. The highest BCUT2D eigenvalue weighted by Crippen LogP contribution is 2.41. The summed E-state index contributed by atoms with van der Waals surface area (Å²) in [6, 6.07) is 0.351. The number of benzene rings is 1. The van der Waals surface area contributed by atoms with Crippen molar-refractivity contribution in [3.63, 3.8) is 0 Å². The van der Waals surface area contributed by atoms with Crippen molar-refractivity contribution in [1.82, 2.24) is 10.2 Å². The van der Waals surface area contributed by atoms with Gasteiger partial charge in [-0.05, 0) is 23.8 Å². The number of nitrogens with two attached hydrogens (primary N) is 1. The van der Waals surface area contributed by atoms with Gasteiger partial charge >= 0.3 is 12.4 Å². The summed E-state index contributed by atoms with van der Waals surface area (Å²) in [5, 5.41) is 8.75. The minimum absolute atomic E-state index is 0.282. The Morgan fingerprint density at radius 1 is 1.23 bits per heavy atom. The molecule has 12 heteroatoms. The number of fused-ring (bicyclic) bond motifs is 1. The average molecular weight is 382 g/mol. The molecule has 0 aromatic heterocycles. The molecule has 0 fully saturated rings. The minimum Gasteiger partial charge on any atom is -0.370 e. The zero-order valence-electron chi connectivity index (χ0n) is 12.8. The van der Waals surface area contributed by atoms with Gasteiger partial charge in [-0.1, -0.05) is 0 Å². The van der Waals surface area contributed by atoms with Crippen LogP contribution in [0.1, 0.15) is 33.9 Å². The molecular formula is C14H12F6N4O2. The van der Waals surface area contributed by atoms with Crippen LogP contribution < -0.4 is 11.1 Å². The molecule has 0 radical (unpaired) electrons. The highest BCUT2D eigenvalue weighted by molar-refractivity contribution is 6.01. The summed E-state index contributed by atoms with van der Waals surface area (Å²) in [5.41, 5.74) is 3.11. The Morgan fingerprint density at radius 2 is 1.85 bits per heavy atom. The summed E-state index contributed by atoms with van der Waals surface area (Å²) in [4.78, 5) is 24.2. The van der Waals surface area contributed by atoms with Crippen LogP contribution in [0, 0.1) is 5.41 Å². The van der Waals surface area contributed by atoms with Gasteiger partial charge in [0.25, 0.3) is 5.91 Å². The summed E-state index contributed by atoms with van der Waals surface area (Å²) in [6.07, 6.45) is -10.4. The maximum absolute atomic E-state index is 12.9. The van der Waals surface area contributed by atoms with E-state index in [2.05, 4.69) is 0 Å². The number of guanidine groups is 1. The van der Waals surface area contributed by atoms with E-state index in [1.54, 1.807) is 0 Å². The molecular weight excluding hydrogens is 370 g/mol. The van der Waals surface area contributed by atoms with Crippen LogP contribution in [0.4, 0.5) is 26.3 Å². The van der Waals surface area contributed by atoms with Crippen LogP contribution in [-0.4, -0.2) is 35.4 Å². The van der Waals surface area contributed by atoms with Gasteiger partial charge in [0.05, 0.1) is 18.0 Å². The highest BCUT2D eigenvalue weighted by Gasteiger charge is 2.45. The monoisotopic (exact) mass is 382 g/mol. The van der Waals surface area contributed by atoms with E-state index in [9.17, 15) is 35.9 Å². The lowest BCUT2D eigenvalue weighted by molar-refractivity contribution is -0.146. The summed E-state index contributed by atoms with van der Waals surface area (Å²) < 4.78 is 76.9. The maximum atomic E-state index is 12.9. The van der Waals surface area contributed by atoms with Crippen LogP contribution in [-0.2, 0) is 11.0 Å². The van der Waals surface area contributed by atoms with Crippen LogP contribution in [0.25, 0.3) is 0 Å². The van der Waals surface area contributed by atoms with Gasteiger partial charge in [-0.15, -0.1) is 0 Å². The van der Waals surface area contributed by atoms with Gasteiger partial charge < -0.3 is 10.6 Å². The summed E-state index contributed by atoms with van der Waals surface area (Å²) in [5.74, 6) is -2.93. The van der Waals surface area contributed by atoms with Crippen molar-refractivity contribution in [2.75, 3.05) is 6.54 Å². The van der Waals surface area contributed by atoms with Crippen LogP contribution in [0.15, 0.2) is 18.2 Å². The molecule has 0 aliphatic carbocycles. The van der Waals surface area contributed by atoms with E-state index in [4.69, 9.17) is 11.1 Å². The molecule has 6 nitrogen and oxygen atoms in total. The number of nitrogens with zero attached hydrogens (tertiary/aromatic N) is 1. The molecule has 1 aliphatic heterocycles. The molecule has 0 saturated carbocycles. The molecule has 2 rings (SSSR count). The predicted molar refractivity (Wildman–Crippen MR) is 76.0 cm³/mol. The molecule has 1 aliphatic rings. The minimum atomic E-state index is -4.82. The number of rotatable bonds is 3. The van der Waals surface area contributed by atoms with E-state index in [0.717, 1.165) is 6.07 Å². The number of carbonyl (C=O) groups excluding carboxylic acids is 2. The summed E-state index contributed by atoms with van der Waals surface area (Å²) in [6.45, 7) is -1.74. The van der Waals surface area contributed by atoms with Crippen molar-refractivity contribution in [3.8, 4) is 0 Å². The quantitative estimate of drug-likeness (QED) is 0.424. The van der Waals surface area contributed by atoms with E-state index in [-0.39, 0.29) is 16.0 Å². The molecule has 1 heterocycles. The van der Waals surface area contributed by atoms with Crippen molar-refractivity contribution < 1.29 is 35.9 Å². The zero-order chi connectivity index (χ0) is 19.9. The molecule has 1 atom stereocenters. The Morgan fingerprint density at radius 3 is 2.35 bits per heavy atom. The second-order valence-corrected chi connectivity index (χ2v) is 5.53. The van der Waals surface area contributed by atoms with E-state index in [1.165, 1.54) is 0 Å². The standard InChI is InChI=1S/C14H12F6N4O2/c15-13(16,17)5-24-9(4-10(25)23-12(21)22)8-3-6(14(18,19)20)1-2-7(8)11(24)26/h1-3,9H,4-5H2,(H4,21,22,23,25)/t9-/m0/s1. The largest absolute Gasteiger partial charge is 0.416 e. The average Bonchev–Trinajstić information content (AvgIpc) is 2.69. The van der Waals surface area contributed by atoms with E-state index >= 15 is 0 Å². The second-order valence-electron chi connectivity index (χ2n) is 5.53. The Kier molecular flexibility index (Phi) is 4.88. The first-order valence-electron chi connectivity index (χ1n) is 7.02. The fourth-order valence-electron chi connectivity index (χ4n) is 2.65. The van der Waals surface area contributed by atoms with Crippen LogP contribution in [0.5, 0.6) is 0 Å². The van der Waals surface area contributed by atoms with Crippen molar-refractivity contribution in [2.45, 2.75) is 24.8 Å². The molecule has 1 aromatic carbocycles. The number of nitrogens with one attached hydrogen (secondary N) is 2. The lowest BCUT2D eigenvalue weighted by Crippen LogP contribution is -2.41. The number of amides is 2. The number of hydrogen-bond donors (Lipinski definition) is 3. The van der Waals surface area contributed by atoms with Gasteiger partial charge in [-0.2, -0.15) is 26.3 Å². The first kappa shape index (κ1) is 19.5. The molecule has 2 amide bonds. The smallest absolute Gasteiger partial charge is 0.370 e. The number of carbonyl (C=O) groups is 2. The molecule has 142 valence electrons.